The monoisotopic (exact) mass is 260 g/mol. The van der Waals surface area contributed by atoms with E-state index in [1.54, 1.807) is 0 Å². The zero-order chi connectivity index (χ0) is 14.0. The first-order chi connectivity index (χ1) is 8.96. The summed E-state index contributed by atoms with van der Waals surface area (Å²) >= 11 is 0. The number of hydrogen-bond acceptors (Lipinski definition) is 2. The van der Waals surface area contributed by atoms with Gasteiger partial charge in [0.2, 0.25) is 0 Å². The van der Waals surface area contributed by atoms with Crippen molar-refractivity contribution in [1.82, 2.24) is 0 Å². The average Bonchev–Trinajstić information content (AvgIpc) is 2.35. The highest BCUT2D eigenvalue weighted by Crippen LogP contribution is 2.39. The minimum atomic E-state index is 0.205. The van der Waals surface area contributed by atoms with Crippen molar-refractivity contribution in [1.29, 1.82) is 0 Å². The number of piperidine rings is 1. The van der Waals surface area contributed by atoms with Crippen molar-refractivity contribution in [3.05, 3.63) is 29.3 Å². The van der Waals surface area contributed by atoms with Crippen LogP contribution in [0.15, 0.2) is 18.2 Å². The number of hydrogen-bond donors (Lipinski definition) is 1. The molecule has 2 rings (SSSR count). The molecule has 1 atom stereocenters. The van der Waals surface area contributed by atoms with Crippen LogP contribution in [0.1, 0.15) is 44.2 Å². The molecular weight excluding hydrogens is 232 g/mol. The van der Waals surface area contributed by atoms with Gasteiger partial charge in [-0.1, -0.05) is 12.1 Å². The van der Waals surface area contributed by atoms with Crippen LogP contribution in [0.2, 0.25) is 0 Å². The Labute approximate surface area is 118 Å². The first kappa shape index (κ1) is 14.4. The maximum Gasteiger partial charge on any atom is 0.0403 e. The SMILES string of the molecule is Cc1ccc(C)c(N2CCCC(CCN)C2(C)C)c1. The summed E-state index contributed by atoms with van der Waals surface area (Å²) in [5, 5.41) is 0. The van der Waals surface area contributed by atoms with Crippen LogP contribution in [0.3, 0.4) is 0 Å². The van der Waals surface area contributed by atoms with Gasteiger partial charge in [0.05, 0.1) is 0 Å². The van der Waals surface area contributed by atoms with Crippen molar-refractivity contribution in [2.24, 2.45) is 11.7 Å². The van der Waals surface area contributed by atoms with Crippen molar-refractivity contribution < 1.29 is 0 Å². The largest absolute Gasteiger partial charge is 0.366 e. The molecule has 19 heavy (non-hydrogen) atoms. The van der Waals surface area contributed by atoms with Gasteiger partial charge >= 0.3 is 0 Å². The van der Waals surface area contributed by atoms with E-state index in [1.165, 1.54) is 36.2 Å². The molecule has 2 nitrogen and oxygen atoms in total. The second-order valence-electron chi connectivity index (χ2n) is 6.51. The molecule has 1 fully saturated rings. The summed E-state index contributed by atoms with van der Waals surface area (Å²) in [5.74, 6) is 0.700. The summed E-state index contributed by atoms with van der Waals surface area (Å²) in [6.45, 7) is 11.1. The van der Waals surface area contributed by atoms with Gasteiger partial charge in [-0.05, 0) is 76.6 Å². The molecule has 106 valence electrons. The van der Waals surface area contributed by atoms with Crippen molar-refractivity contribution in [2.75, 3.05) is 18.0 Å². The van der Waals surface area contributed by atoms with E-state index >= 15 is 0 Å². The standard InChI is InChI=1S/C17H28N2/c1-13-7-8-14(2)16(12-13)19-11-5-6-15(9-10-18)17(19,3)4/h7-8,12,15H,5-6,9-11,18H2,1-4H3. The highest BCUT2D eigenvalue weighted by molar-refractivity contribution is 5.57. The van der Waals surface area contributed by atoms with Crippen molar-refractivity contribution in [2.45, 2.75) is 52.5 Å². The van der Waals surface area contributed by atoms with Gasteiger partial charge in [0, 0.05) is 17.8 Å². The number of nitrogens with two attached hydrogens (primary N) is 1. The first-order valence-electron chi connectivity index (χ1n) is 7.51. The quantitative estimate of drug-likeness (QED) is 0.899. The smallest absolute Gasteiger partial charge is 0.0403 e. The van der Waals surface area contributed by atoms with Crippen LogP contribution >= 0.6 is 0 Å². The van der Waals surface area contributed by atoms with Crippen LogP contribution in [-0.4, -0.2) is 18.6 Å². The highest BCUT2D eigenvalue weighted by Gasteiger charge is 2.38. The lowest BCUT2D eigenvalue weighted by Gasteiger charge is -2.50. The van der Waals surface area contributed by atoms with E-state index in [2.05, 4.69) is 50.8 Å². The molecule has 1 heterocycles. The van der Waals surface area contributed by atoms with Gasteiger partial charge in [-0.25, -0.2) is 0 Å². The summed E-state index contributed by atoms with van der Waals surface area (Å²) in [4.78, 5) is 2.61. The van der Waals surface area contributed by atoms with Crippen LogP contribution in [0.4, 0.5) is 5.69 Å². The zero-order valence-electron chi connectivity index (χ0n) is 12.9. The van der Waals surface area contributed by atoms with E-state index in [0.717, 1.165) is 13.0 Å². The Bertz CT molecular complexity index is 435. The lowest BCUT2D eigenvalue weighted by atomic mass is 9.76. The van der Waals surface area contributed by atoms with E-state index in [4.69, 9.17) is 5.73 Å². The maximum absolute atomic E-state index is 5.80. The van der Waals surface area contributed by atoms with Gasteiger partial charge in [0.15, 0.2) is 0 Å². The van der Waals surface area contributed by atoms with Gasteiger partial charge in [-0.3, -0.25) is 0 Å². The highest BCUT2D eigenvalue weighted by atomic mass is 15.2. The molecule has 0 spiro atoms. The van der Waals surface area contributed by atoms with Crippen LogP contribution < -0.4 is 10.6 Å². The first-order valence-corrected chi connectivity index (χ1v) is 7.51. The zero-order valence-corrected chi connectivity index (χ0v) is 12.9. The predicted molar refractivity (Wildman–Crippen MR) is 83.7 cm³/mol. The third-order valence-corrected chi connectivity index (χ3v) is 4.80. The minimum Gasteiger partial charge on any atom is -0.366 e. The fourth-order valence-corrected chi connectivity index (χ4v) is 3.50. The molecule has 0 saturated carbocycles. The molecule has 1 aliphatic rings. The van der Waals surface area contributed by atoms with E-state index in [-0.39, 0.29) is 5.54 Å². The van der Waals surface area contributed by atoms with Gasteiger partial charge < -0.3 is 10.6 Å². The average molecular weight is 260 g/mol. The molecule has 1 aromatic carbocycles. The number of aryl methyl sites for hydroxylation is 2. The molecule has 2 heteroatoms. The van der Waals surface area contributed by atoms with Crippen molar-refractivity contribution in [3.63, 3.8) is 0 Å². The van der Waals surface area contributed by atoms with E-state index in [9.17, 15) is 0 Å². The Hall–Kier alpha value is -1.02. The normalized spacial score (nSPS) is 22.6. The number of benzene rings is 1. The van der Waals surface area contributed by atoms with Crippen LogP contribution in [0, 0.1) is 19.8 Å². The van der Waals surface area contributed by atoms with E-state index in [1.807, 2.05) is 0 Å². The third-order valence-electron chi connectivity index (χ3n) is 4.80. The molecule has 2 N–H and O–H groups in total. The Balaban J connectivity index is 2.34. The molecule has 1 aliphatic heterocycles. The van der Waals surface area contributed by atoms with Gasteiger partial charge in [0.1, 0.15) is 0 Å². The van der Waals surface area contributed by atoms with Crippen LogP contribution in [0.5, 0.6) is 0 Å². The Morgan fingerprint density at radius 3 is 2.74 bits per heavy atom. The van der Waals surface area contributed by atoms with Crippen LogP contribution in [0.25, 0.3) is 0 Å². The predicted octanol–water partition coefficient (Wildman–Crippen LogP) is 3.65. The minimum absolute atomic E-state index is 0.205. The molecular formula is C17H28N2. The molecule has 1 saturated heterocycles. The van der Waals surface area contributed by atoms with Crippen molar-refractivity contribution in [3.8, 4) is 0 Å². The summed E-state index contributed by atoms with van der Waals surface area (Å²) in [5.41, 5.74) is 10.1. The van der Waals surface area contributed by atoms with Gasteiger partial charge in [-0.15, -0.1) is 0 Å². The summed E-state index contributed by atoms with van der Waals surface area (Å²) < 4.78 is 0. The Kier molecular flexibility index (Phi) is 4.19. The summed E-state index contributed by atoms with van der Waals surface area (Å²) in [6.07, 6.45) is 3.72. The third kappa shape index (κ3) is 2.79. The van der Waals surface area contributed by atoms with Gasteiger partial charge in [-0.2, -0.15) is 0 Å². The lowest BCUT2D eigenvalue weighted by Crippen LogP contribution is -2.54. The molecule has 0 amide bonds. The molecule has 1 unspecified atom stereocenters. The number of rotatable bonds is 3. The second kappa shape index (κ2) is 5.54. The molecule has 0 bridgehead atoms. The lowest BCUT2D eigenvalue weighted by molar-refractivity contribution is 0.227. The molecule has 1 aromatic rings. The Morgan fingerprint density at radius 1 is 1.32 bits per heavy atom. The van der Waals surface area contributed by atoms with Crippen molar-refractivity contribution >= 4 is 5.69 Å². The maximum atomic E-state index is 5.80. The van der Waals surface area contributed by atoms with E-state index < -0.39 is 0 Å². The second-order valence-corrected chi connectivity index (χ2v) is 6.51. The molecule has 0 radical (unpaired) electrons. The number of nitrogens with zero attached hydrogens (tertiary/aromatic N) is 1. The summed E-state index contributed by atoms with van der Waals surface area (Å²) in [7, 11) is 0. The van der Waals surface area contributed by atoms with E-state index in [0.29, 0.717) is 5.92 Å². The topological polar surface area (TPSA) is 29.3 Å². The summed E-state index contributed by atoms with van der Waals surface area (Å²) in [6, 6.07) is 6.78. The fourth-order valence-electron chi connectivity index (χ4n) is 3.50. The fraction of sp³-hybridized carbons (Fsp3) is 0.647. The molecule has 0 aliphatic carbocycles. The molecule has 0 aromatic heterocycles. The van der Waals surface area contributed by atoms with Gasteiger partial charge in [0.25, 0.3) is 0 Å². The Morgan fingerprint density at radius 2 is 2.05 bits per heavy atom. The number of anilines is 1. The van der Waals surface area contributed by atoms with Crippen LogP contribution in [-0.2, 0) is 0 Å².